The van der Waals surface area contributed by atoms with Crippen LogP contribution in [0.4, 0.5) is 0 Å². The van der Waals surface area contributed by atoms with E-state index in [1.165, 1.54) is 26.4 Å². The molecule has 0 spiro atoms. The Kier molecular flexibility index (Phi) is 13.1. The molecule has 1 aromatic carbocycles. The summed E-state index contributed by atoms with van der Waals surface area (Å²) in [7, 11) is 2.96. The fourth-order valence-corrected chi connectivity index (χ4v) is 5.47. The van der Waals surface area contributed by atoms with Crippen molar-refractivity contribution in [2.75, 3.05) is 73.4 Å². The number of ether oxygens (including phenoxy) is 4. The molecule has 2 aliphatic rings. The predicted octanol–water partition coefficient (Wildman–Crippen LogP) is 0.225. The number of amides is 2. The van der Waals surface area contributed by atoms with Crippen LogP contribution < -0.4 is 14.8 Å². The molecule has 13 heteroatoms. The van der Waals surface area contributed by atoms with Crippen molar-refractivity contribution in [1.82, 2.24) is 15.1 Å². The molecule has 1 fully saturated rings. The number of halogens is 1. The molecular formula is C27H38IN3O9. The Morgan fingerprint density at radius 3 is 2.67 bits per heavy atom. The molecule has 0 saturated carbocycles. The molecule has 2 amide bonds. The van der Waals surface area contributed by atoms with E-state index in [1.807, 2.05) is 22.6 Å². The van der Waals surface area contributed by atoms with Gasteiger partial charge in [0.2, 0.25) is 11.8 Å². The van der Waals surface area contributed by atoms with Crippen molar-refractivity contribution in [3.8, 4) is 11.5 Å². The number of carbonyl (C=O) groups excluding carboxylic acids is 3. The van der Waals surface area contributed by atoms with Crippen molar-refractivity contribution in [1.29, 1.82) is 0 Å². The minimum absolute atomic E-state index is 0.0569. The van der Waals surface area contributed by atoms with Gasteiger partial charge < -0.3 is 39.4 Å². The zero-order chi connectivity index (χ0) is 29.1. The SMILES string of the molecule is COCCC(=O)N(CCN1CCOCC1)C1CC(C(=O)NCCO)=CC(Oc2c(I)cc(C=O)cc2OC)C1O. The number of carbonyl (C=O) groups is 3. The number of aliphatic hydroxyl groups is 2. The van der Waals surface area contributed by atoms with Gasteiger partial charge in [0.15, 0.2) is 11.5 Å². The molecule has 3 atom stereocenters. The molecule has 0 bridgehead atoms. The first-order valence-electron chi connectivity index (χ1n) is 13.2. The smallest absolute Gasteiger partial charge is 0.247 e. The van der Waals surface area contributed by atoms with Gasteiger partial charge in [-0.3, -0.25) is 19.3 Å². The van der Waals surface area contributed by atoms with Gasteiger partial charge in [-0.2, -0.15) is 0 Å². The van der Waals surface area contributed by atoms with Gasteiger partial charge in [-0.1, -0.05) is 0 Å². The van der Waals surface area contributed by atoms with Crippen LogP contribution in [-0.4, -0.2) is 130 Å². The van der Waals surface area contributed by atoms with E-state index in [2.05, 4.69) is 10.2 Å². The zero-order valence-corrected chi connectivity index (χ0v) is 25.0. The third kappa shape index (κ3) is 8.60. The van der Waals surface area contributed by atoms with Crippen LogP contribution >= 0.6 is 22.6 Å². The van der Waals surface area contributed by atoms with E-state index in [0.29, 0.717) is 58.8 Å². The number of rotatable bonds is 14. The highest BCUT2D eigenvalue weighted by Gasteiger charge is 2.41. The van der Waals surface area contributed by atoms with Crippen molar-refractivity contribution in [2.45, 2.75) is 31.1 Å². The van der Waals surface area contributed by atoms with Crippen LogP contribution in [0.5, 0.6) is 11.5 Å². The first kappa shape index (κ1) is 32.2. The summed E-state index contributed by atoms with van der Waals surface area (Å²) in [6, 6.07) is 2.38. The van der Waals surface area contributed by atoms with Crippen molar-refractivity contribution >= 4 is 40.7 Å². The van der Waals surface area contributed by atoms with Gasteiger partial charge in [0.05, 0.1) is 49.6 Å². The lowest BCUT2D eigenvalue weighted by Gasteiger charge is -2.41. The van der Waals surface area contributed by atoms with E-state index in [0.717, 1.165) is 13.1 Å². The minimum Gasteiger partial charge on any atom is -0.493 e. The molecule has 222 valence electrons. The summed E-state index contributed by atoms with van der Waals surface area (Å²) in [6.45, 7) is 3.65. The summed E-state index contributed by atoms with van der Waals surface area (Å²) < 4.78 is 22.8. The predicted molar refractivity (Wildman–Crippen MR) is 154 cm³/mol. The van der Waals surface area contributed by atoms with Gasteiger partial charge in [0.25, 0.3) is 0 Å². The van der Waals surface area contributed by atoms with Crippen LogP contribution in [-0.2, 0) is 19.1 Å². The molecule has 3 unspecified atom stereocenters. The largest absolute Gasteiger partial charge is 0.493 e. The van der Waals surface area contributed by atoms with Crippen LogP contribution in [0, 0.1) is 3.57 Å². The minimum atomic E-state index is -1.18. The standard InChI is InChI=1S/C27H38IN3O9/c1-37-10-3-24(34)31(6-5-30-7-11-39-12-8-30)21-15-19(27(36)29-4-9-32)16-22(25(21)35)40-26-20(28)13-18(17-33)14-23(26)38-2/h13-14,16-17,21-22,25,32,35H,3-12,15H2,1-2H3,(H,29,36). The highest BCUT2D eigenvalue weighted by atomic mass is 127. The highest BCUT2D eigenvalue weighted by molar-refractivity contribution is 14.1. The molecule has 1 heterocycles. The molecule has 1 aliphatic heterocycles. The average Bonchev–Trinajstić information content (AvgIpc) is 2.97. The molecule has 3 N–H and O–H groups in total. The maximum atomic E-state index is 13.4. The zero-order valence-electron chi connectivity index (χ0n) is 22.8. The monoisotopic (exact) mass is 675 g/mol. The second-order valence-electron chi connectivity index (χ2n) is 9.45. The quantitative estimate of drug-likeness (QED) is 0.185. The van der Waals surface area contributed by atoms with E-state index < -0.39 is 24.2 Å². The van der Waals surface area contributed by atoms with Gasteiger partial charge in [-0.15, -0.1) is 0 Å². The van der Waals surface area contributed by atoms with Crippen molar-refractivity contribution in [3.63, 3.8) is 0 Å². The lowest BCUT2D eigenvalue weighted by Crippen LogP contribution is -2.56. The van der Waals surface area contributed by atoms with Gasteiger partial charge in [-0.05, 0) is 40.8 Å². The summed E-state index contributed by atoms with van der Waals surface area (Å²) in [6.07, 6.45) is 0.246. The van der Waals surface area contributed by atoms with Crippen molar-refractivity contribution in [3.05, 3.63) is 32.9 Å². The Balaban J connectivity index is 1.95. The Morgan fingerprint density at radius 1 is 1.27 bits per heavy atom. The Bertz CT molecular complexity index is 1050. The number of nitrogens with zero attached hydrogens (tertiary/aromatic N) is 2. The van der Waals surface area contributed by atoms with Gasteiger partial charge in [-0.25, -0.2) is 0 Å². The van der Waals surface area contributed by atoms with Crippen LogP contribution in [0.3, 0.4) is 0 Å². The third-order valence-electron chi connectivity index (χ3n) is 6.86. The Hall–Kier alpha value is -2.30. The maximum Gasteiger partial charge on any atom is 0.247 e. The lowest BCUT2D eigenvalue weighted by atomic mass is 9.88. The number of nitrogens with one attached hydrogen (secondary N) is 1. The Morgan fingerprint density at radius 2 is 2.02 bits per heavy atom. The summed E-state index contributed by atoms with van der Waals surface area (Å²) in [5.41, 5.74) is 0.719. The molecule has 12 nitrogen and oxygen atoms in total. The summed E-state index contributed by atoms with van der Waals surface area (Å²) in [5, 5.41) is 23.5. The van der Waals surface area contributed by atoms with E-state index in [1.54, 1.807) is 11.0 Å². The highest BCUT2D eigenvalue weighted by Crippen LogP contribution is 2.37. The number of methoxy groups -OCH3 is 2. The van der Waals surface area contributed by atoms with Gasteiger partial charge >= 0.3 is 0 Å². The van der Waals surface area contributed by atoms with E-state index in [4.69, 9.17) is 18.9 Å². The average molecular weight is 676 g/mol. The number of benzene rings is 1. The van der Waals surface area contributed by atoms with Gasteiger partial charge in [0.1, 0.15) is 18.5 Å². The summed E-state index contributed by atoms with van der Waals surface area (Å²) in [4.78, 5) is 41.6. The number of aldehydes is 1. The number of hydrogen-bond acceptors (Lipinski definition) is 10. The molecule has 3 rings (SSSR count). The van der Waals surface area contributed by atoms with E-state index in [-0.39, 0.29) is 38.5 Å². The molecule has 0 aromatic heterocycles. The second-order valence-corrected chi connectivity index (χ2v) is 10.6. The summed E-state index contributed by atoms with van der Waals surface area (Å²) in [5.74, 6) is -0.0360. The molecule has 1 saturated heterocycles. The maximum absolute atomic E-state index is 13.4. The summed E-state index contributed by atoms with van der Waals surface area (Å²) >= 11 is 2.01. The van der Waals surface area contributed by atoms with E-state index >= 15 is 0 Å². The van der Waals surface area contributed by atoms with Crippen LogP contribution in [0.25, 0.3) is 0 Å². The fraction of sp³-hybridized carbons (Fsp3) is 0.593. The number of morpholine rings is 1. The fourth-order valence-electron chi connectivity index (χ4n) is 4.72. The van der Waals surface area contributed by atoms with Gasteiger partial charge in [0, 0.05) is 57.4 Å². The van der Waals surface area contributed by atoms with Crippen molar-refractivity contribution in [2.24, 2.45) is 0 Å². The normalized spacial score (nSPS) is 21.3. The van der Waals surface area contributed by atoms with Crippen LogP contribution in [0.1, 0.15) is 23.2 Å². The lowest BCUT2D eigenvalue weighted by molar-refractivity contribution is -0.140. The molecule has 40 heavy (non-hydrogen) atoms. The number of hydrogen-bond donors (Lipinski definition) is 3. The topological polar surface area (TPSA) is 147 Å². The number of aliphatic hydroxyl groups excluding tert-OH is 2. The molecule has 1 aliphatic carbocycles. The molecular weight excluding hydrogens is 637 g/mol. The molecule has 0 radical (unpaired) electrons. The van der Waals surface area contributed by atoms with Crippen LogP contribution in [0.15, 0.2) is 23.8 Å². The third-order valence-corrected chi connectivity index (χ3v) is 7.66. The first-order valence-corrected chi connectivity index (χ1v) is 14.3. The first-order chi connectivity index (χ1) is 19.3. The molecule has 1 aromatic rings. The van der Waals surface area contributed by atoms with E-state index in [9.17, 15) is 24.6 Å². The second kappa shape index (κ2) is 16.2. The van der Waals surface area contributed by atoms with Crippen molar-refractivity contribution < 1.29 is 43.5 Å². The Labute approximate surface area is 247 Å². The van der Waals surface area contributed by atoms with Crippen LogP contribution in [0.2, 0.25) is 0 Å².